The fourth-order valence-electron chi connectivity index (χ4n) is 3.96. The van der Waals surface area contributed by atoms with Gasteiger partial charge < -0.3 is 9.47 Å². The van der Waals surface area contributed by atoms with E-state index in [1.54, 1.807) is 6.07 Å². The molecule has 0 saturated carbocycles. The summed E-state index contributed by atoms with van der Waals surface area (Å²) in [5.74, 6) is 0.282. The molecule has 0 spiro atoms. The molecule has 2 aliphatic heterocycles. The van der Waals surface area contributed by atoms with Crippen molar-refractivity contribution in [2.45, 2.75) is 39.2 Å². The summed E-state index contributed by atoms with van der Waals surface area (Å²) < 4.78 is 55.1. The summed E-state index contributed by atoms with van der Waals surface area (Å²) in [6.45, 7) is 5.54. The second kappa shape index (κ2) is 6.52. The van der Waals surface area contributed by atoms with Crippen LogP contribution in [0.5, 0.6) is 11.5 Å². The molecule has 0 bridgehead atoms. The molecule has 0 radical (unpaired) electrons. The highest BCUT2D eigenvalue weighted by atomic mass is 16.5. The maximum Gasteiger partial charge on any atom is 0.165 e. The average Bonchev–Trinajstić information content (AvgIpc) is 2.54. The van der Waals surface area contributed by atoms with Crippen LogP contribution in [0, 0.1) is 11.8 Å². The lowest BCUT2D eigenvalue weighted by atomic mass is 9.79. The van der Waals surface area contributed by atoms with E-state index < -0.39 is 14.1 Å². The molecule has 0 aliphatic carbocycles. The van der Waals surface area contributed by atoms with Crippen molar-refractivity contribution in [2.75, 3.05) is 27.2 Å². The highest BCUT2D eigenvalue weighted by Crippen LogP contribution is 2.45. The Balaban J connectivity index is 2.02. The van der Waals surface area contributed by atoms with Gasteiger partial charge in [0.05, 0.1) is 22.3 Å². The van der Waals surface area contributed by atoms with E-state index in [2.05, 4.69) is 18.7 Å². The molecule has 2 heterocycles. The molecule has 3 rings (SSSR count). The molecule has 1 aromatic carbocycles. The zero-order chi connectivity index (χ0) is 21.6. The molecule has 1 fully saturated rings. The lowest BCUT2D eigenvalue weighted by molar-refractivity contribution is -0.129. The minimum atomic E-state index is -2.77. The van der Waals surface area contributed by atoms with E-state index in [0.717, 1.165) is 18.5 Å². The minimum Gasteiger partial charge on any atom is -0.493 e. The maximum atomic E-state index is 12.8. The first kappa shape index (κ1) is 10.3. The number of hydrogen-bond donors (Lipinski definition) is 0. The van der Waals surface area contributed by atoms with Gasteiger partial charge in [-0.3, -0.25) is 9.69 Å². The summed E-state index contributed by atoms with van der Waals surface area (Å²) in [5, 5.41) is 0. The van der Waals surface area contributed by atoms with Crippen LogP contribution in [-0.4, -0.2) is 37.8 Å². The van der Waals surface area contributed by atoms with Crippen molar-refractivity contribution in [3.05, 3.63) is 23.3 Å². The normalized spacial score (nSPS) is 29.3. The Labute approximate surface area is 147 Å². The van der Waals surface area contributed by atoms with Crippen LogP contribution >= 0.6 is 0 Å². The van der Waals surface area contributed by atoms with Crippen LogP contribution in [-0.2, 0) is 11.2 Å². The number of fused-ring (bicyclic) bond motifs is 3. The molecule has 2 aliphatic rings. The van der Waals surface area contributed by atoms with Crippen molar-refractivity contribution in [2.24, 2.45) is 11.8 Å². The molecular formula is C19H27NO3. The van der Waals surface area contributed by atoms with Gasteiger partial charge in [-0.25, -0.2) is 0 Å². The topological polar surface area (TPSA) is 38.8 Å². The standard InChI is InChI=1S/C19H27NO3/c1-12(2)9-14-11-20-8-7-13-5-6-17(22-3)19(23-4)18(13)15(20)10-16(14)21/h5-6,12,14-15H,7-11H2,1-4H3/i3D3,4D3. The molecule has 2 atom stereocenters. The fraction of sp³-hybridized carbons (Fsp3) is 0.632. The predicted molar refractivity (Wildman–Crippen MR) is 90.1 cm³/mol. The Morgan fingerprint density at radius 1 is 1.35 bits per heavy atom. The van der Waals surface area contributed by atoms with Crippen LogP contribution < -0.4 is 9.47 Å². The van der Waals surface area contributed by atoms with Gasteiger partial charge in [-0.15, -0.1) is 0 Å². The number of hydrogen-bond acceptors (Lipinski definition) is 4. The molecule has 23 heavy (non-hydrogen) atoms. The summed E-state index contributed by atoms with van der Waals surface area (Å²) >= 11 is 0. The summed E-state index contributed by atoms with van der Waals surface area (Å²) in [5.41, 5.74) is 1.42. The number of carbonyl (C=O) groups excluding carboxylic acids is 1. The van der Waals surface area contributed by atoms with Crippen LogP contribution in [0.4, 0.5) is 0 Å². The van der Waals surface area contributed by atoms with E-state index >= 15 is 0 Å². The van der Waals surface area contributed by atoms with Crippen LogP contribution in [0.3, 0.4) is 0 Å². The number of nitrogens with zero attached hydrogens (tertiary/aromatic N) is 1. The largest absolute Gasteiger partial charge is 0.493 e. The first-order valence-corrected chi connectivity index (χ1v) is 8.14. The molecule has 1 aromatic rings. The number of ether oxygens (including phenoxy) is 2. The minimum absolute atomic E-state index is 0.0402. The quantitative estimate of drug-likeness (QED) is 0.853. The molecule has 126 valence electrons. The molecular weight excluding hydrogens is 290 g/mol. The molecule has 0 N–H and O–H groups in total. The van der Waals surface area contributed by atoms with E-state index in [4.69, 9.17) is 17.7 Å². The second-order valence-corrected chi connectivity index (χ2v) is 6.93. The summed E-state index contributed by atoms with van der Waals surface area (Å²) in [6.07, 6.45) is 1.73. The zero-order valence-electron chi connectivity index (χ0n) is 19.6. The van der Waals surface area contributed by atoms with Crippen LogP contribution in [0.2, 0.25) is 0 Å². The highest BCUT2D eigenvalue weighted by Gasteiger charge is 2.40. The number of benzene rings is 1. The summed E-state index contributed by atoms with van der Waals surface area (Å²) in [6, 6.07) is 2.84. The first-order valence-electron chi connectivity index (χ1n) is 11.1. The van der Waals surface area contributed by atoms with Crippen LogP contribution in [0.15, 0.2) is 12.1 Å². The predicted octanol–water partition coefficient (Wildman–Crippen LogP) is 3.24. The SMILES string of the molecule is [2H]C([2H])([2H])Oc1ccc2c(c1OC([2H])([2H])[2H])C1CC(=O)C(CC(C)C)CN1CC2. The monoisotopic (exact) mass is 323 g/mol. The lowest BCUT2D eigenvalue weighted by Crippen LogP contribution is -2.46. The van der Waals surface area contributed by atoms with Gasteiger partial charge in [0, 0.05) is 37.0 Å². The van der Waals surface area contributed by atoms with Crippen molar-refractivity contribution < 1.29 is 22.5 Å². The van der Waals surface area contributed by atoms with Gasteiger partial charge in [0.15, 0.2) is 11.5 Å². The van der Waals surface area contributed by atoms with Crippen LogP contribution in [0.25, 0.3) is 0 Å². The van der Waals surface area contributed by atoms with Crippen molar-refractivity contribution in [1.82, 2.24) is 4.90 Å². The number of ketones is 1. The first-order chi connectivity index (χ1) is 13.3. The summed E-state index contributed by atoms with van der Waals surface area (Å²) in [4.78, 5) is 15.0. The van der Waals surface area contributed by atoms with Gasteiger partial charge >= 0.3 is 0 Å². The molecule has 2 unspecified atom stereocenters. The van der Waals surface area contributed by atoms with Gasteiger partial charge in [0.2, 0.25) is 0 Å². The average molecular weight is 323 g/mol. The molecule has 0 aromatic heterocycles. The zero-order valence-corrected chi connectivity index (χ0v) is 13.6. The van der Waals surface area contributed by atoms with E-state index in [0.29, 0.717) is 24.4 Å². The Morgan fingerprint density at radius 3 is 2.91 bits per heavy atom. The number of methoxy groups -OCH3 is 2. The van der Waals surface area contributed by atoms with Gasteiger partial charge in [-0.1, -0.05) is 19.9 Å². The third-order valence-corrected chi connectivity index (χ3v) is 4.97. The second-order valence-electron chi connectivity index (χ2n) is 6.93. The lowest BCUT2D eigenvalue weighted by Gasteiger charge is -2.43. The smallest absolute Gasteiger partial charge is 0.165 e. The molecule has 4 nitrogen and oxygen atoms in total. The van der Waals surface area contributed by atoms with Crippen molar-refractivity contribution in [3.8, 4) is 11.5 Å². The number of rotatable bonds is 4. The van der Waals surface area contributed by atoms with Crippen molar-refractivity contribution >= 4 is 5.78 Å². The number of carbonyl (C=O) groups is 1. The Hall–Kier alpha value is -1.55. The van der Waals surface area contributed by atoms with E-state index in [1.165, 1.54) is 6.07 Å². The summed E-state index contributed by atoms with van der Waals surface area (Å²) in [7, 11) is -5.52. The molecule has 1 saturated heterocycles. The maximum absolute atomic E-state index is 12.8. The molecule has 0 amide bonds. The van der Waals surface area contributed by atoms with Gasteiger partial charge in [-0.2, -0.15) is 0 Å². The fourth-order valence-corrected chi connectivity index (χ4v) is 3.96. The van der Waals surface area contributed by atoms with E-state index in [-0.39, 0.29) is 35.7 Å². The third kappa shape index (κ3) is 2.97. The van der Waals surface area contributed by atoms with Gasteiger partial charge in [0.25, 0.3) is 0 Å². The molecule has 4 heteroatoms. The van der Waals surface area contributed by atoms with Crippen molar-refractivity contribution in [3.63, 3.8) is 0 Å². The number of Topliss-reactive ketones (excluding diaryl/α,β-unsaturated/α-hetero) is 1. The van der Waals surface area contributed by atoms with Gasteiger partial charge in [-0.05, 0) is 30.4 Å². The third-order valence-electron chi connectivity index (χ3n) is 4.97. The Morgan fingerprint density at radius 2 is 2.17 bits per heavy atom. The Bertz CT molecular complexity index is 774. The van der Waals surface area contributed by atoms with E-state index in [9.17, 15) is 4.79 Å². The highest BCUT2D eigenvalue weighted by molar-refractivity contribution is 5.83. The Kier molecular flexibility index (Phi) is 2.93. The van der Waals surface area contributed by atoms with Crippen molar-refractivity contribution in [1.29, 1.82) is 0 Å². The van der Waals surface area contributed by atoms with E-state index in [1.807, 2.05) is 0 Å². The van der Waals surface area contributed by atoms with Gasteiger partial charge in [0.1, 0.15) is 5.78 Å². The number of piperidine rings is 1. The van der Waals surface area contributed by atoms with Crippen LogP contribution in [0.1, 0.15) is 52.1 Å².